The quantitative estimate of drug-likeness (QED) is 0.237. The Kier molecular flexibility index (Phi) is 7.15. The van der Waals surface area contributed by atoms with Crippen LogP contribution in [0.1, 0.15) is 30.0 Å². The molecule has 0 aromatic heterocycles. The molecular weight excluding hydrogens is 404 g/mol. The van der Waals surface area contributed by atoms with E-state index in [4.69, 9.17) is 0 Å². The molecule has 0 amide bonds. The number of alkyl halides is 3. The van der Waals surface area contributed by atoms with E-state index in [0.29, 0.717) is 11.1 Å². The van der Waals surface area contributed by atoms with Crippen LogP contribution in [0.15, 0.2) is 78.9 Å². The Bertz CT molecular complexity index is 1100. The molecule has 31 heavy (non-hydrogen) atoms. The first kappa shape index (κ1) is 22.2. The van der Waals surface area contributed by atoms with Crippen molar-refractivity contribution in [1.29, 1.82) is 0 Å². The monoisotopic (exact) mass is 424 g/mol. The zero-order valence-corrected chi connectivity index (χ0v) is 16.8. The van der Waals surface area contributed by atoms with Crippen molar-refractivity contribution in [2.45, 2.75) is 26.1 Å². The van der Waals surface area contributed by atoms with Crippen LogP contribution in [0.2, 0.25) is 0 Å². The standard InChI is InChI=1S/C26H20F4O/c1-2-3-4-5-19-6-8-20(9-7-19)10-11-21-12-14-22(15-13-21)23-16-17-25(24(27)18-23)31-26(28,29)30/h2-3,6-9,12-18H,4-5H2,1H3/b3-2+. The van der Waals surface area contributed by atoms with Crippen molar-refractivity contribution in [3.63, 3.8) is 0 Å². The van der Waals surface area contributed by atoms with Crippen molar-refractivity contribution in [2.24, 2.45) is 0 Å². The van der Waals surface area contributed by atoms with E-state index in [0.717, 1.165) is 36.1 Å². The molecule has 0 unspecified atom stereocenters. The third-order valence-electron chi connectivity index (χ3n) is 4.52. The molecule has 0 radical (unpaired) electrons. The fourth-order valence-electron chi connectivity index (χ4n) is 2.95. The summed E-state index contributed by atoms with van der Waals surface area (Å²) < 4.78 is 54.4. The molecule has 0 atom stereocenters. The lowest BCUT2D eigenvalue weighted by Gasteiger charge is -2.10. The van der Waals surface area contributed by atoms with Crippen LogP contribution in [0.4, 0.5) is 17.6 Å². The summed E-state index contributed by atoms with van der Waals surface area (Å²) in [6, 6.07) is 18.5. The average Bonchev–Trinajstić information content (AvgIpc) is 2.74. The summed E-state index contributed by atoms with van der Waals surface area (Å²) in [5.74, 6) is 4.25. The van der Waals surface area contributed by atoms with Crippen molar-refractivity contribution in [3.05, 3.63) is 101 Å². The summed E-state index contributed by atoms with van der Waals surface area (Å²) in [5.41, 5.74) is 4.04. The molecule has 0 spiro atoms. The SMILES string of the molecule is C/C=C/CCc1ccc(C#Cc2ccc(-c3ccc(OC(F)(F)F)c(F)c3)cc2)cc1. The van der Waals surface area contributed by atoms with Gasteiger partial charge in [0.15, 0.2) is 11.6 Å². The Morgan fingerprint density at radius 3 is 1.97 bits per heavy atom. The van der Waals surface area contributed by atoms with Crippen molar-refractivity contribution in [1.82, 2.24) is 0 Å². The zero-order valence-electron chi connectivity index (χ0n) is 16.8. The Labute approximate surface area is 179 Å². The number of halogens is 4. The van der Waals surface area contributed by atoms with Gasteiger partial charge in [0.05, 0.1) is 0 Å². The van der Waals surface area contributed by atoms with Crippen LogP contribution in [0.5, 0.6) is 5.75 Å². The minimum atomic E-state index is -4.94. The van der Waals surface area contributed by atoms with Crippen LogP contribution >= 0.6 is 0 Å². The molecule has 0 fully saturated rings. The van der Waals surface area contributed by atoms with Crippen LogP contribution in [0, 0.1) is 17.7 Å². The third-order valence-corrected chi connectivity index (χ3v) is 4.52. The van der Waals surface area contributed by atoms with Gasteiger partial charge in [-0.15, -0.1) is 13.2 Å². The molecule has 0 aliphatic heterocycles. The molecule has 158 valence electrons. The molecule has 0 bridgehead atoms. The van der Waals surface area contributed by atoms with Gasteiger partial charge in [-0.2, -0.15) is 0 Å². The average molecular weight is 424 g/mol. The molecule has 0 saturated heterocycles. The van der Waals surface area contributed by atoms with Gasteiger partial charge >= 0.3 is 6.36 Å². The lowest BCUT2D eigenvalue weighted by atomic mass is 10.0. The molecule has 3 rings (SSSR count). The van der Waals surface area contributed by atoms with Crippen molar-refractivity contribution < 1.29 is 22.3 Å². The summed E-state index contributed by atoms with van der Waals surface area (Å²) in [6.45, 7) is 2.01. The van der Waals surface area contributed by atoms with E-state index in [2.05, 4.69) is 34.8 Å². The van der Waals surface area contributed by atoms with E-state index in [1.54, 1.807) is 24.3 Å². The summed E-state index contributed by atoms with van der Waals surface area (Å²) in [4.78, 5) is 0. The highest BCUT2D eigenvalue weighted by Gasteiger charge is 2.32. The number of rotatable bonds is 5. The first-order valence-electron chi connectivity index (χ1n) is 9.72. The second-order valence-corrected chi connectivity index (χ2v) is 6.82. The van der Waals surface area contributed by atoms with Gasteiger partial charge in [-0.3, -0.25) is 0 Å². The smallest absolute Gasteiger partial charge is 0.403 e. The number of benzene rings is 3. The highest BCUT2D eigenvalue weighted by Crippen LogP contribution is 2.29. The van der Waals surface area contributed by atoms with Gasteiger partial charge in [-0.05, 0) is 72.9 Å². The number of hydrogen-bond donors (Lipinski definition) is 0. The van der Waals surface area contributed by atoms with Crippen LogP contribution in [0.3, 0.4) is 0 Å². The van der Waals surface area contributed by atoms with Gasteiger partial charge in [0, 0.05) is 11.1 Å². The fourth-order valence-corrected chi connectivity index (χ4v) is 2.95. The maximum atomic E-state index is 13.9. The zero-order chi connectivity index (χ0) is 22.3. The highest BCUT2D eigenvalue weighted by molar-refractivity contribution is 5.65. The van der Waals surface area contributed by atoms with Gasteiger partial charge in [0.1, 0.15) is 0 Å². The lowest BCUT2D eigenvalue weighted by molar-refractivity contribution is -0.275. The predicted molar refractivity (Wildman–Crippen MR) is 114 cm³/mol. The van der Waals surface area contributed by atoms with E-state index in [1.807, 2.05) is 25.1 Å². The first-order valence-corrected chi connectivity index (χ1v) is 9.72. The van der Waals surface area contributed by atoms with E-state index in [-0.39, 0.29) is 0 Å². The van der Waals surface area contributed by atoms with Crippen LogP contribution in [-0.2, 0) is 6.42 Å². The minimum Gasteiger partial charge on any atom is -0.403 e. The van der Waals surface area contributed by atoms with Gasteiger partial charge < -0.3 is 4.74 Å². The highest BCUT2D eigenvalue weighted by atomic mass is 19.4. The largest absolute Gasteiger partial charge is 0.573 e. The van der Waals surface area contributed by atoms with E-state index < -0.39 is 17.9 Å². The van der Waals surface area contributed by atoms with Crippen molar-refractivity contribution >= 4 is 0 Å². The minimum absolute atomic E-state index is 0.444. The molecule has 0 heterocycles. The van der Waals surface area contributed by atoms with Gasteiger partial charge in [-0.1, -0.05) is 54.3 Å². The maximum Gasteiger partial charge on any atom is 0.573 e. The third kappa shape index (κ3) is 6.75. The Morgan fingerprint density at radius 2 is 1.42 bits per heavy atom. The number of aryl methyl sites for hydroxylation is 1. The molecule has 0 aliphatic carbocycles. The van der Waals surface area contributed by atoms with E-state index in [1.165, 1.54) is 11.6 Å². The second-order valence-electron chi connectivity index (χ2n) is 6.82. The lowest BCUT2D eigenvalue weighted by Crippen LogP contribution is -2.17. The van der Waals surface area contributed by atoms with E-state index in [9.17, 15) is 17.6 Å². The summed E-state index contributed by atoms with van der Waals surface area (Å²) in [7, 11) is 0. The summed E-state index contributed by atoms with van der Waals surface area (Å²) >= 11 is 0. The van der Waals surface area contributed by atoms with E-state index >= 15 is 0 Å². The normalized spacial score (nSPS) is 11.3. The summed E-state index contributed by atoms with van der Waals surface area (Å²) in [6.07, 6.45) is 1.24. The number of ether oxygens (including phenoxy) is 1. The molecule has 3 aromatic rings. The Hall–Kier alpha value is -3.52. The molecule has 3 aromatic carbocycles. The van der Waals surface area contributed by atoms with Crippen LogP contribution in [-0.4, -0.2) is 6.36 Å². The molecule has 0 aliphatic rings. The molecule has 0 N–H and O–H groups in total. The Balaban J connectivity index is 1.68. The van der Waals surface area contributed by atoms with Crippen LogP contribution < -0.4 is 4.74 Å². The molecule has 5 heteroatoms. The molecule has 0 saturated carbocycles. The van der Waals surface area contributed by atoms with Crippen molar-refractivity contribution in [3.8, 4) is 28.7 Å². The summed E-state index contributed by atoms with van der Waals surface area (Å²) in [5, 5.41) is 0. The maximum absolute atomic E-state index is 13.9. The second kappa shape index (κ2) is 9.99. The number of allylic oxidation sites excluding steroid dienone is 2. The van der Waals surface area contributed by atoms with Gasteiger partial charge in [0.25, 0.3) is 0 Å². The van der Waals surface area contributed by atoms with Gasteiger partial charge in [0.2, 0.25) is 0 Å². The Morgan fingerprint density at radius 1 is 0.839 bits per heavy atom. The fraction of sp³-hybridized carbons (Fsp3) is 0.154. The van der Waals surface area contributed by atoms with Gasteiger partial charge in [-0.25, -0.2) is 4.39 Å². The molecule has 1 nitrogen and oxygen atoms in total. The molecular formula is C26H20F4O. The predicted octanol–water partition coefficient (Wildman–Crippen LogP) is 7.30. The topological polar surface area (TPSA) is 9.23 Å². The van der Waals surface area contributed by atoms with Crippen molar-refractivity contribution in [2.75, 3.05) is 0 Å². The first-order chi connectivity index (χ1) is 14.8. The number of hydrogen-bond acceptors (Lipinski definition) is 1. The van der Waals surface area contributed by atoms with Crippen LogP contribution in [0.25, 0.3) is 11.1 Å².